The molecule has 86 valence electrons. The summed E-state index contributed by atoms with van der Waals surface area (Å²) in [5.74, 6) is 0. The van der Waals surface area contributed by atoms with Gasteiger partial charge in [-0.05, 0) is 24.0 Å². The van der Waals surface area contributed by atoms with Crippen molar-refractivity contribution in [3.05, 3.63) is 53.6 Å². The smallest absolute Gasteiger partial charge is 0.0387 e. The first-order chi connectivity index (χ1) is 7.41. The highest BCUT2D eigenvalue weighted by Crippen LogP contribution is 2.24. The fraction of sp³-hybridized carbons (Fsp3) is 0.333. The summed E-state index contributed by atoms with van der Waals surface area (Å²) in [6.45, 7) is 8.73. The van der Waals surface area contributed by atoms with Crippen molar-refractivity contribution >= 4 is 5.70 Å². The first-order valence-corrected chi connectivity index (χ1v) is 5.61. The minimum atomic E-state index is 0.202. The average molecular weight is 215 g/mol. The van der Waals surface area contributed by atoms with E-state index in [1.807, 2.05) is 36.4 Å². The van der Waals surface area contributed by atoms with Crippen molar-refractivity contribution in [1.29, 1.82) is 0 Å². The molecule has 0 amide bonds. The van der Waals surface area contributed by atoms with Crippen LogP contribution in [0.4, 0.5) is 0 Å². The van der Waals surface area contributed by atoms with Crippen molar-refractivity contribution in [2.75, 3.05) is 0 Å². The van der Waals surface area contributed by atoms with Crippen molar-refractivity contribution in [2.24, 2.45) is 11.1 Å². The fourth-order valence-electron chi connectivity index (χ4n) is 1.19. The summed E-state index contributed by atoms with van der Waals surface area (Å²) < 4.78 is 0. The summed E-state index contributed by atoms with van der Waals surface area (Å²) in [6, 6.07) is 10.0. The quantitative estimate of drug-likeness (QED) is 0.742. The number of hydrogen-bond acceptors (Lipinski definition) is 1. The monoisotopic (exact) mass is 215 g/mol. The maximum atomic E-state index is 6.00. The van der Waals surface area contributed by atoms with Gasteiger partial charge < -0.3 is 5.73 Å². The molecule has 0 aliphatic heterocycles. The highest BCUT2D eigenvalue weighted by molar-refractivity contribution is 5.64. The predicted molar refractivity (Wildman–Crippen MR) is 71.8 cm³/mol. The second-order valence-electron chi connectivity index (χ2n) is 5.09. The molecule has 0 heterocycles. The molecule has 0 fully saturated rings. The topological polar surface area (TPSA) is 26.0 Å². The van der Waals surface area contributed by atoms with E-state index in [9.17, 15) is 0 Å². The summed E-state index contributed by atoms with van der Waals surface area (Å²) in [7, 11) is 0. The summed E-state index contributed by atoms with van der Waals surface area (Å²) in [5, 5.41) is 0. The van der Waals surface area contributed by atoms with E-state index in [0.717, 1.165) is 11.3 Å². The van der Waals surface area contributed by atoms with Crippen molar-refractivity contribution in [3.8, 4) is 0 Å². The molecule has 0 atom stereocenters. The Kier molecular flexibility index (Phi) is 3.94. The number of hydrogen-bond donors (Lipinski definition) is 1. The van der Waals surface area contributed by atoms with Crippen molar-refractivity contribution < 1.29 is 0 Å². The van der Waals surface area contributed by atoms with Crippen molar-refractivity contribution in [3.63, 3.8) is 0 Å². The van der Waals surface area contributed by atoms with Gasteiger partial charge in [0, 0.05) is 5.70 Å². The van der Waals surface area contributed by atoms with Gasteiger partial charge in [-0.3, -0.25) is 0 Å². The molecule has 0 unspecified atom stereocenters. The van der Waals surface area contributed by atoms with E-state index >= 15 is 0 Å². The van der Waals surface area contributed by atoms with Gasteiger partial charge in [-0.15, -0.1) is 0 Å². The van der Waals surface area contributed by atoms with E-state index in [0.29, 0.717) is 0 Å². The molecule has 0 aromatic heterocycles. The van der Waals surface area contributed by atoms with E-state index < -0.39 is 0 Å². The van der Waals surface area contributed by atoms with Gasteiger partial charge in [0.15, 0.2) is 0 Å². The van der Waals surface area contributed by atoms with Gasteiger partial charge >= 0.3 is 0 Å². The van der Waals surface area contributed by atoms with Crippen LogP contribution >= 0.6 is 0 Å². The van der Waals surface area contributed by atoms with Gasteiger partial charge in [0.1, 0.15) is 0 Å². The summed E-state index contributed by atoms with van der Waals surface area (Å²) >= 11 is 0. The number of allylic oxidation sites excluding steroid dienone is 3. The zero-order chi connectivity index (χ0) is 12.2. The van der Waals surface area contributed by atoms with Crippen LogP contribution in [0, 0.1) is 5.41 Å². The first-order valence-electron chi connectivity index (χ1n) is 5.61. The van der Waals surface area contributed by atoms with Crippen LogP contribution in [0.25, 0.3) is 5.70 Å². The highest BCUT2D eigenvalue weighted by atomic mass is 14.6. The summed E-state index contributed by atoms with van der Waals surface area (Å²) in [4.78, 5) is 0. The van der Waals surface area contributed by atoms with E-state index in [1.165, 1.54) is 5.57 Å². The van der Waals surface area contributed by atoms with Gasteiger partial charge in [-0.2, -0.15) is 0 Å². The molecule has 0 bridgehead atoms. The number of benzene rings is 1. The lowest BCUT2D eigenvalue weighted by atomic mass is 9.87. The predicted octanol–water partition coefficient (Wildman–Crippen LogP) is 3.98. The minimum Gasteiger partial charge on any atom is -0.398 e. The lowest BCUT2D eigenvalue weighted by molar-refractivity contribution is 0.504. The largest absolute Gasteiger partial charge is 0.398 e. The Balaban J connectivity index is 2.88. The van der Waals surface area contributed by atoms with E-state index in [2.05, 4.69) is 33.8 Å². The van der Waals surface area contributed by atoms with Crippen LogP contribution in [-0.2, 0) is 0 Å². The first kappa shape index (κ1) is 12.6. The van der Waals surface area contributed by atoms with Gasteiger partial charge in [0.2, 0.25) is 0 Å². The lowest BCUT2D eigenvalue weighted by Crippen LogP contribution is -2.06. The number of nitrogens with two attached hydrogens (primary N) is 1. The Morgan fingerprint density at radius 3 is 2.12 bits per heavy atom. The SMILES string of the molecule is C/C(=C\C=C(/N)c1ccccc1)C(C)(C)C. The zero-order valence-electron chi connectivity index (χ0n) is 10.6. The molecule has 16 heavy (non-hydrogen) atoms. The van der Waals surface area contributed by atoms with Crippen molar-refractivity contribution in [2.45, 2.75) is 27.7 Å². The van der Waals surface area contributed by atoms with Crippen LogP contribution in [0.5, 0.6) is 0 Å². The molecule has 0 radical (unpaired) electrons. The van der Waals surface area contributed by atoms with E-state index in [-0.39, 0.29) is 5.41 Å². The third-order valence-electron chi connectivity index (χ3n) is 2.80. The zero-order valence-corrected chi connectivity index (χ0v) is 10.6. The molecular formula is C15H21N. The second kappa shape index (κ2) is 5.02. The van der Waals surface area contributed by atoms with E-state index in [1.54, 1.807) is 0 Å². The molecule has 0 aliphatic rings. The van der Waals surface area contributed by atoms with Crippen molar-refractivity contribution in [1.82, 2.24) is 0 Å². The molecule has 1 aromatic carbocycles. The van der Waals surface area contributed by atoms with E-state index in [4.69, 9.17) is 5.73 Å². The Labute approximate surface area is 98.7 Å². The molecule has 0 spiro atoms. The van der Waals surface area contributed by atoms with Crippen LogP contribution in [0.3, 0.4) is 0 Å². The Morgan fingerprint density at radius 2 is 1.62 bits per heavy atom. The third kappa shape index (κ3) is 3.58. The van der Waals surface area contributed by atoms with Gasteiger partial charge in [0.25, 0.3) is 0 Å². The summed E-state index contributed by atoms with van der Waals surface area (Å²) in [5.41, 5.74) is 9.41. The normalized spacial score (nSPS) is 14.0. The van der Waals surface area contributed by atoms with Crippen LogP contribution in [0.15, 0.2) is 48.1 Å². The standard InChI is InChI=1S/C15H21N/c1-12(15(2,3)4)10-11-14(16)13-8-6-5-7-9-13/h5-11H,16H2,1-4H3/b12-10+,14-11-. The fourth-order valence-corrected chi connectivity index (χ4v) is 1.19. The number of rotatable bonds is 2. The molecule has 1 aromatic rings. The molecular weight excluding hydrogens is 194 g/mol. The van der Waals surface area contributed by atoms with Gasteiger partial charge in [-0.25, -0.2) is 0 Å². The lowest BCUT2D eigenvalue weighted by Gasteiger charge is -2.18. The summed E-state index contributed by atoms with van der Waals surface area (Å²) in [6.07, 6.45) is 4.08. The minimum absolute atomic E-state index is 0.202. The maximum absolute atomic E-state index is 6.00. The molecule has 1 heteroatoms. The molecule has 1 rings (SSSR count). The van der Waals surface area contributed by atoms with Crippen LogP contribution in [0.1, 0.15) is 33.3 Å². The maximum Gasteiger partial charge on any atom is 0.0387 e. The Hall–Kier alpha value is -1.50. The van der Waals surface area contributed by atoms with Crippen LogP contribution in [-0.4, -0.2) is 0 Å². The van der Waals surface area contributed by atoms with Crippen LogP contribution in [0.2, 0.25) is 0 Å². The Bertz CT molecular complexity index is 391. The molecule has 1 nitrogen and oxygen atoms in total. The average Bonchev–Trinajstić information content (AvgIpc) is 2.25. The molecule has 0 aliphatic carbocycles. The Morgan fingerprint density at radius 1 is 1.06 bits per heavy atom. The molecule has 0 saturated heterocycles. The third-order valence-corrected chi connectivity index (χ3v) is 2.80. The highest BCUT2D eigenvalue weighted by Gasteiger charge is 2.11. The van der Waals surface area contributed by atoms with Crippen LogP contribution < -0.4 is 5.73 Å². The molecule has 0 saturated carbocycles. The van der Waals surface area contributed by atoms with Gasteiger partial charge in [0.05, 0.1) is 0 Å². The van der Waals surface area contributed by atoms with Gasteiger partial charge in [-0.1, -0.05) is 62.8 Å². The molecule has 2 N–H and O–H groups in total. The second-order valence-corrected chi connectivity index (χ2v) is 5.09.